The van der Waals surface area contributed by atoms with Crippen LogP contribution in [0.5, 0.6) is 0 Å². The van der Waals surface area contributed by atoms with E-state index in [1.54, 1.807) is 4.90 Å². The normalized spacial score (nSPS) is 23.7. The number of carboxylic acid groups (broad SMARTS) is 1. The van der Waals surface area contributed by atoms with Crippen LogP contribution in [0.15, 0.2) is 0 Å². The lowest BCUT2D eigenvalue weighted by Crippen LogP contribution is -2.57. The minimum Gasteiger partial charge on any atom is -0.480 e. The first-order valence-electron chi connectivity index (χ1n) is 6.34. The van der Waals surface area contributed by atoms with Crippen LogP contribution in [0.3, 0.4) is 0 Å². The largest absolute Gasteiger partial charge is 0.480 e. The molecule has 2 fully saturated rings. The fourth-order valence-electron chi connectivity index (χ4n) is 1.98. The van der Waals surface area contributed by atoms with Gasteiger partial charge in [-0.1, -0.05) is 0 Å². The Morgan fingerprint density at radius 1 is 1.32 bits per heavy atom. The summed E-state index contributed by atoms with van der Waals surface area (Å²) >= 11 is 0. The number of carbonyl (C=O) groups excluding carboxylic acids is 2. The number of aliphatic carboxylic acids is 1. The van der Waals surface area contributed by atoms with Crippen molar-refractivity contribution in [3.63, 3.8) is 0 Å². The fraction of sp³-hybridized carbons (Fsp3) is 0.727. The van der Waals surface area contributed by atoms with Crippen LogP contribution in [-0.4, -0.2) is 66.2 Å². The van der Waals surface area contributed by atoms with Crippen LogP contribution in [0.4, 0.5) is 4.79 Å². The predicted octanol–water partition coefficient (Wildman–Crippen LogP) is -1.67. The number of rotatable bonds is 4. The van der Waals surface area contributed by atoms with Crippen molar-refractivity contribution in [1.82, 2.24) is 20.9 Å². The average Bonchev–Trinajstić information content (AvgIpc) is 3.12. The molecule has 8 heteroatoms. The number of amides is 3. The van der Waals surface area contributed by atoms with Gasteiger partial charge in [0.05, 0.1) is 6.54 Å². The zero-order valence-corrected chi connectivity index (χ0v) is 10.5. The third-order valence-electron chi connectivity index (χ3n) is 3.15. The van der Waals surface area contributed by atoms with Crippen LogP contribution in [0.2, 0.25) is 0 Å². The number of piperazine rings is 1. The highest BCUT2D eigenvalue weighted by molar-refractivity contribution is 5.95. The van der Waals surface area contributed by atoms with Crippen molar-refractivity contribution in [2.45, 2.75) is 24.9 Å². The molecular weight excluding hydrogens is 252 g/mol. The molecule has 0 aromatic rings. The summed E-state index contributed by atoms with van der Waals surface area (Å²) in [5.41, 5.74) is 0. The molecule has 2 rings (SSSR count). The Balaban J connectivity index is 1.78. The molecule has 0 spiro atoms. The molecule has 19 heavy (non-hydrogen) atoms. The lowest BCUT2D eigenvalue weighted by molar-refractivity contribution is -0.144. The highest BCUT2D eigenvalue weighted by Gasteiger charge is 2.30. The minimum atomic E-state index is -0.970. The third-order valence-corrected chi connectivity index (χ3v) is 3.15. The summed E-state index contributed by atoms with van der Waals surface area (Å²) in [7, 11) is 0. The van der Waals surface area contributed by atoms with Crippen molar-refractivity contribution in [2.24, 2.45) is 0 Å². The molecule has 0 aromatic carbocycles. The Morgan fingerprint density at radius 2 is 2.05 bits per heavy atom. The van der Waals surface area contributed by atoms with Crippen LogP contribution in [-0.2, 0) is 9.59 Å². The van der Waals surface area contributed by atoms with Crippen molar-refractivity contribution in [2.75, 3.05) is 26.2 Å². The first-order valence-corrected chi connectivity index (χ1v) is 6.34. The van der Waals surface area contributed by atoms with Gasteiger partial charge in [0, 0.05) is 25.7 Å². The van der Waals surface area contributed by atoms with Crippen LogP contribution in [0, 0.1) is 0 Å². The molecule has 1 unspecified atom stereocenters. The summed E-state index contributed by atoms with van der Waals surface area (Å²) in [6.07, 6.45) is 1.89. The lowest BCUT2D eigenvalue weighted by Gasteiger charge is -2.32. The van der Waals surface area contributed by atoms with Gasteiger partial charge in [-0.3, -0.25) is 19.8 Å². The van der Waals surface area contributed by atoms with Crippen LogP contribution in [0.1, 0.15) is 12.8 Å². The van der Waals surface area contributed by atoms with Gasteiger partial charge in [-0.15, -0.1) is 0 Å². The Kier molecular flexibility index (Phi) is 4.33. The van der Waals surface area contributed by atoms with Crippen LogP contribution >= 0.6 is 0 Å². The molecule has 106 valence electrons. The van der Waals surface area contributed by atoms with E-state index in [4.69, 9.17) is 5.11 Å². The monoisotopic (exact) mass is 270 g/mol. The molecule has 1 aliphatic carbocycles. The quantitative estimate of drug-likeness (QED) is 0.486. The van der Waals surface area contributed by atoms with Crippen LogP contribution < -0.4 is 16.0 Å². The van der Waals surface area contributed by atoms with E-state index >= 15 is 0 Å². The second-order valence-electron chi connectivity index (χ2n) is 4.82. The number of imide groups is 1. The zero-order valence-electron chi connectivity index (χ0n) is 10.5. The van der Waals surface area contributed by atoms with Crippen molar-refractivity contribution in [3.8, 4) is 0 Å². The number of carboxylic acids is 1. The molecule has 2 aliphatic rings. The summed E-state index contributed by atoms with van der Waals surface area (Å²) in [5.74, 6) is -1.45. The Bertz CT molecular complexity index is 383. The standard InChI is InChI=1S/C11H18N4O4/c16-9(14-11(19)13-7-1-2-7)6-15-4-3-12-5-8(15)10(17)18/h7-8,12H,1-6H2,(H,17,18)(H2,13,14,16,19). The van der Waals surface area contributed by atoms with E-state index in [-0.39, 0.29) is 12.6 Å². The molecule has 1 saturated carbocycles. The summed E-state index contributed by atoms with van der Waals surface area (Å²) in [5, 5.41) is 16.9. The third kappa shape index (κ3) is 4.18. The fourth-order valence-corrected chi connectivity index (χ4v) is 1.98. The summed E-state index contributed by atoms with van der Waals surface area (Å²) in [6, 6.07) is -1.06. The van der Waals surface area contributed by atoms with Gasteiger partial charge in [-0.2, -0.15) is 0 Å². The molecule has 3 amide bonds. The predicted molar refractivity (Wildman–Crippen MR) is 65.6 cm³/mol. The highest BCUT2D eigenvalue weighted by Crippen LogP contribution is 2.18. The van der Waals surface area contributed by atoms with Crippen molar-refractivity contribution >= 4 is 17.9 Å². The van der Waals surface area contributed by atoms with Gasteiger partial charge in [0.2, 0.25) is 5.91 Å². The average molecular weight is 270 g/mol. The number of hydrogen-bond acceptors (Lipinski definition) is 5. The van der Waals surface area contributed by atoms with Gasteiger partial charge < -0.3 is 15.7 Å². The molecule has 1 atom stereocenters. The minimum absolute atomic E-state index is 0.0866. The maximum atomic E-state index is 11.7. The van der Waals surface area contributed by atoms with Crippen LogP contribution in [0.25, 0.3) is 0 Å². The molecule has 1 aliphatic heterocycles. The number of hydrogen-bond donors (Lipinski definition) is 4. The first-order chi connectivity index (χ1) is 9.06. The molecule has 0 bridgehead atoms. The van der Waals surface area contributed by atoms with E-state index in [0.29, 0.717) is 19.6 Å². The molecule has 0 radical (unpaired) electrons. The topological polar surface area (TPSA) is 111 Å². The lowest BCUT2D eigenvalue weighted by atomic mass is 10.2. The molecule has 4 N–H and O–H groups in total. The highest BCUT2D eigenvalue weighted by atomic mass is 16.4. The SMILES string of the molecule is O=C(CN1CCNCC1C(=O)O)NC(=O)NC1CC1. The smallest absolute Gasteiger partial charge is 0.322 e. The zero-order chi connectivity index (χ0) is 13.8. The first kappa shape index (κ1) is 13.8. The molecule has 8 nitrogen and oxygen atoms in total. The number of urea groups is 1. The Morgan fingerprint density at radius 3 is 2.68 bits per heavy atom. The maximum Gasteiger partial charge on any atom is 0.322 e. The van der Waals surface area contributed by atoms with E-state index in [2.05, 4.69) is 16.0 Å². The second-order valence-corrected chi connectivity index (χ2v) is 4.82. The van der Waals surface area contributed by atoms with Gasteiger partial charge in [0.1, 0.15) is 6.04 Å². The second kappa shape index (κ2) is 5.98. The Hall–Kier alpha value is -1.67. The molecular formula is C11H18N4O4. The number of nitrogens with one attached hydrogen (secondary N) is 3. The van der Waals surface area contributed by atoms with E-state index in [9.17, 15) is 14.4 Å². The number of nitrogens with zero attached hydrogens (tertiary/aromatic N) is 1. The van der Waals surface area contributed by atoms with E-state index in [1.807, 2.05) is 0 Å². The van der Waals surface area contributed by atoms with Gasteiger partial charge in [-0.05, 0) is 12.8 Å². The molecule has 0 aromatic heterocycles. The Labute approximate surface area is 110 Å². The number of carbonyl (C=O) groups is 3. The van der Waals surface area contributed by atoms with Crippen molar-refractivity contribution in [1.29, 1.82) is 0 Å². The molecule has 1 heterocycles. The van der Waals surface area contributed by atoms with Crippen molar-refractivity contribution < 1.29 is 19.5 Å². The molecule has 1 saturated heterocycles. The van der Waals surface area contributed by atoms with Gasteiger partial charge in [-0.25, -0.2) is 4.79 Å². The van der Waals surface area contributed by atoms with E-state index < -0.39 is 23.9 Å². The van der Waals surface area contributed by atoms with Gasteiger partial charge in [0.15, 0.2) is 0 Å². The summed E-state index contributed by atoms with van der Waals surface area (Å²) in [4.78, 5) is 35.6. The van der Waals surface area contributed by atoms with Crippen molar-refractivity contribution in [3.05, 3.63) is 0 Å². The van der Waals surface area contributed by atoms with Gasteiger partial charge in [0.25, 0.3) is 0 Å². The van der Waals surface area contributed by atoms with Gasteiger partial charge >= 0.3 is 12.0 Å². The summed E-state index contributed by atoms with van der Waals surface area (Å²) < 4.78 is 0. The van der Waals surface area contributed by atoms with E-state index in [0.717, 1.165) is 12.8 Å². The summed E-state index contributed by atoms with van der Waals surface area (Å²) in [6.45, 7) is 1.31. The maximum absolute atomic E-state index is 11.7. The van der Waals surface area contributed by atoms with E-state index in [1.165, 1.54) is 0 Å².